The Morgan fingerprint density at radius 1 is 1.26 bits per heavy atom. The van der Waals surface area contributed by atoms with Crippen molar-refractivity contribution in [3.63, 3.8) is 0 Å². The van der Waals surface area contributed by atoms with Crippen molar-refractivity contribution in [1.29, 1.82) is 0 Å². The van der Waals surface area contributed by atoms with Crippen LogP contribution in [0, 0.1) is 0 Å². The van der Waals surface area contributed by atoms with Gasteiger partial charge < -0.3 is 15.4 Å². The third-order valence-electron chi connectivity index (χ3n) is 2.98. The molecule has 0 bridgehead atoms. The Kier molecular flexibility index (Phi) is 5.46. The van der Waals surface area contributed by atoms with Crippen molar-refractivity contribution < 1.29 is 14.3 Å². The molecular weight excluding hydrogens is 294 g/mol. The molecule has 0 fully saturated rings. The number of esters is 1. The number of ether oxygens (including phenoxy) is 1. The van der Waals surface area contributed by atoms with Gasteiger partial charge in [-0.05, 0) is 30.3 Å². The van der Waals surface area contributed by atoms with Gasteiger partial charge in [0.05, 0.1) is 12.7 Å². The zero-order valence-electron chi connectivity index (χ0n) is 12.7. The van der Waals surface area contributed by atoms with Crippen LogP contribution in [0.2, 0.25) is 0 Å². The Hall–Kier alpha value is -3.15. The number of rotatable bonds is 6. The molecule has 0 aliphatic carbocycles. The Bertz CT molecular complexity index is 729. The highest BCUT2D eigenvalue weighted by molar-refractivity contribution is 6.04. The summed E-state index contributed by atoms with van der Waals surface area (Å²) in [5.41, 5.74) is 1.89. The minimum Gasteiger partial charge on any atom is -0.465 e. The zero-order valence-corrected chi connectivity index (χ0v) is 12.7. The van der Waals surface area contributed by atoms with E-state index in [2.05, 4.69) is 26.9 Å². The van der Waals surface area contributed by atoms with Crippen LogP contribution in [0.25, 0.3) is 0 Å². The van der Waals surface area contributed by atoms with E-state index in [0.29, 0.717) is 17.8 Å². The number of amides is 1. The van der Waals surface area contributed by atoms with E-state index in [1.807, 2.05) is 0 Å². The maximum atomic E-state index is 12.3. The summed E-state index contributed by atoms with van der Waals surface area (Å²) in [6.45, 7) is 4.21. The maximum Gasteiger partial charge on any atom is 0.337 e. The fourth-order valence-electron chi connectivity index (χ4n) is 1.89. The normalized spacial score (nSPS) is 9.78. The summed E-state index contributed by atoms with van der Waals surface area (Å²) >= 11 is 0. The summed E-state index contributed by atoms with van der Waals surface area (Å²) in [5.74, 6) is -0.830. The molecule has 1 heterocycles. The number of anilines is 2. The van der Waals surface area contributed by atoms with E-state index < -0.39 is 5.97 Å². The van der Waals surface area contributed by atoms with Crippen LogP contribution in [-0.2, 0) is 4.74 Å². The van der Waals surface area contributed by atoms with Gasteiger partial charge in [-0.15, -0.1) is 6.58 Å². The van der Waals surface area contributed by atoms with Crippen molar-refractivity contribution in [3.8, 4) is 0 Å². The first-order chi connectivity index (χ1) is 11.1. The lowest BCUT2D eigenvalue weighted by molar-refractivity contribution is 0.0600. The van der Waals surface area contributed by atoms with Crippen LogP contribution in [0.1, 0.15) is 20.8 Å². The molecule has 1 aromatic heterocycles. The third-order valence-corrected chi connectivity index (χ3v) is 2.98. The summed E-state index contributed by atoms with van der Waals surface area (Å²) in [6.07, 6.45) is 3.27. The largest absolute Gasteiger partial charge is 0.465 e. The lowest BCUT2D eigenvalue weighted by atomic mass is 10.2. The topological polar surface area (TPSA) is 80.3 Å². The fourth-order valence-corrected chi connectivity index (χ4v) is 1.89. The van der Waals surface area contributed by atoms with E-state index in [4.69, 9.17) is 0 Å². The number of carbonyl (C=O) groups excluding carboxylic acids is 2. The van der Waals surface area contributed by atoms with E-state index in [0.717, 1.165) is 5.69 Å². The molecule has 0 aliphatic rings. The number of nitrogens with zero attached hydrogens (tertiary/aromatic N) is 1. The van der Waals surface area contributed by atoms with E-state index in [1.54, 1.807) is 48.7 Å². The molecule has 6 heteroatoms. The highest BCUT2D eigenvalue weighted by Gasteiger charge is 2.10. The first-order valence-corrected chi connectivity index (χ1v) is 6.94. The molecule has 0 unspecified atom stereocenters. The molecule has 0 spiro atoms. The van der Waals surface area contributed by atoms with Crippen LogP contribution >= 0.6 is 0 Å². The second kappa shape index (κ2) is 7.74. The number of nitrogens with one attached hydrogen (secondary N) is 2. The molecule has 2 aromatic rings. The average molecular weight is 311 g/mol. The third kappa shape index (κ3) is 4.41. The van der Waals surface area contributed by atoms with Gasteiger partial charge in [0.25, 0.3) is 5.91 Å². The van der Waals surface area contributed by atoms with Gasteiger partial charge in [-0.25, -0.2) is 4.79 Å². The summed E-state index contributed by atoms with van der Waals surface area (Å²) in [5, 5.41) is 5.79. The standard InChI is InChI=1S/C17H17N3O3/c1-3-8-18-13-7-9-19-15(11-13)16(21)20-14-6-4-5-12(10-14)17(22)23-2/h3-7,9-11H,1,8H2,2H3,(H,18,19)(H,20,21). The summed E-state index contributed by atoms with van der Waals surface area (Å²) < 4.78 is 4.65. The minimum atomic E-state index is -0.463. The SMILES string of the molecule is C=CCNc1ccnc(C(=O)Nc2cccc(C(=O)OC)c2)c1. The van der Waals surface area contributed by atoms with Gasteiger partial charge in [0.15, 0.2) is 0 Å². The highest BCUT2D eigenvalue weighted by atomic mass is 16.5. The van der Waals surface area contributed by atoms with Gasteiger partial charge in [-0.3, -0.25) is 9.78 Å². The predicted octanol–water partition coefficient (Wildman–Crippen LogP) is 2.72. The lowest BCUT2D eigenvalue weighted by Crippen LogP contribution is -2.14. The number of carbonyl (C=O) groups is 2. The van der Waals surface area contributed by atoms with Gasteiger partial charge in [-0.1, -0.05) is 12.1 Å². The van der Waals surface area contributed by atoms with Crippen LogP contribution < -0.4 is 10.6 Å². The van der Waals surface area contributed by atoms with Gasteiger partial charge in [0.2, 0.25) is 0 Å². The minimum absolute atomic E-state index is 0.266. The zero-order chi connectivity index (χ0) is 16.7. The number of aromatic nitrogens is 1. The Balaban J connectivity index is 2.12. The van der Waals surface area contributed by atoms with E-state index in [-0.39, 0.29) is 11.6 Å². The Labute approximate surface area is 134 Å². The number of benzene rings is 1. The Morgan fingerprint density at radius 3 is 2.83 bits per heavy atom. The van der Waals surface area contributed by atoms with E-state index in [1.165, 1.54) is 7.11 Å². The monoisotopic (exact) mass is 311 g/mol. The van der Waals surface area contributed by atoms with E-state index in [9.17, 15) is 9.59 Å². The van der Waals surface area contributed by atoms with Crippen molar-refractivity contribution in [2.45, 2.75) is 0 Å². The molecule has 6 nitrogen and oxygen atoms in total. The van der Waals surface area contributed by atoms with Gasteiger partial charge in [0, 0.05) is 24.1 Å². The van der Waals surface area contributed by atoms with Crippen LogP contribution in [0.15, 0.2) is 55.3 Å². The van der Waals surface area contributed by atoms with Gasteiger partial charge in [0.1, 0.15) is 5.69 Å². The number of hydrogen-bond acceptors (Lipinski definition) is 5. The van der Waals surface area contributed by atoms with Crippen LogP contribution in [0.5, 0.6) is 0 Å². The molecule has 23 heavy (non-hydrogen) atoms. The summed E-state index contributed by atoms with van der Waals surface area (Å²) in [4.78, 5) is 27.8. The Morgan fingerprint density at radius 2 is 2.09 bits per heavy atom. The van der Waals surface area contributed by atoms with Crippen molar-refractivity contribution in [3.05, 3.63) is 66.5 Å². The van der Waals surface area contributed by atoms with Crippen LogP contribution in [0.3, 0.4) is 0 Å². The number of methoxy groups -OCH3 is 1. The molecule has 118 valence electrons. The van der Waals surface area contributed by atoms with Crippen molar-refractivity contribution in [1.82, 2.24) is 4.98 Å². The smallest absolute Gasteiger partial charge is 0.337 e. The van der Waals surface area contributed by atoms with Gasteiger partial charge >= 0.3 is 5.97 Å². The molecular formula is C17H17N3O3. The number of pyridine rings is 1. The highest BCUT2D eigenvalue weighted by Crippen LogP contribution is 2.14. The molecule has 1 amide bonds. The van der Waals surface area contributed by atoms with Gasteiger partial charge in [-0.2, -0.15) is 0 Å². The molecule has 0 radical (unpaired) electrons. The van der Waals surface area contributed by atoms with Crippen molar-refractivity contribution in [2.75, 3.05) is 24.3 Å². The quantitative estimate of drug-likeness (QED) is 0.633. The summed E-state index contributed by atoms with van der Waals surface area (Å²) in [7, 11) is 1.30. The first-order valence-electron chi connectivity index (χ1n) is 6.94. The van der Waals surface area contributed by atoms with Crippen LogP contribution in [0.4, 0.5) is 11.4 Å². The second-order valence-corrected chi connectivity index (χ2v) is 4.63. The molecule has 0 aliphatic heterocycles. The molecule has 0 saturated heterocycles. The lowest BCUT2D eigenvalue weighted by Gasteiger charge is -2.08. The predicted molar refractivity (Wildman–Crippen MR) is 88.7 cm³/mol. The fraction of sp³-hybridized carbons (Fsp3) is 0.118. The van der Waals surface area contributed by atoms with E-state index >= 15 is 0 Å². The average Bonchev–Trinajstić information content (AvgIpc) is 2.59. The maximum absolute atomic E-state index is 12.3. The summed E-state index contributed by atoms with van der Waals surface area (Å²) in [6, 6.07) is 9.91. The van der Waals surface area contributed by atoms with Crippen LogP contribution in [-0.4, -0.2) is 30.5 Å². The number of hydrogen-bond donors (Lipinski definition) is 2. The van der Waals surface area contributed by atoms with Crippen molar-refractivity contribution in [2.24, 2.45) is 0 Å². The molecule has 0 saturated carbocycles. The molecule has 0 atom stereocenters. The molecule has 2 rings (SSSR count). The van der Waals surface area contributed by atoms with Crippen molar-refractivity contribution >= 4 is 23.3 Å². The molecule has 2 N–H and O–H groups in total. The molecule has 1 aromatic carbocycles. The second-order valence-electron chi connectivity index (χ2n) is 4.63. The first kappa shape index (κ1) is 16.2.